The summed E-state index contributed by atoms with van der Waals surface area (Å²) in [6, 6.07) is 14.0. The van der Waals surface area contributed by atoms with Crippen molar-refractivity contribution < 1.29 is 19.4 Å². The van der Waals surface area contributed by atoms with Gasteiger partial charge in [0.15, 0.2) is 5.82 Å². The topological polar surface area (TPSA) is 112 Å². The predicted octanol–water partition coefficient (Wildman–Crippen LogP) is 2.92. The van der Waals surface area contributed by atoms with Crippen LogP contribution < -0.4 is 10.5 Å². The Labute approximate surface area is 160 Å². The number of fused-ring (bicyclic) bond motifs is 3. The van der Waals surface area contributed by atoms with Crippen molar-refractivity contribution >= 4 is 33.7 Å². The van der Waals surface area contributed by atoms with Gasteiger partial charge in [0, 0.05) is 5.39 Å². The van der Waals surface area contributed by atoms with Crippen LogP contribution in [0, 0.1) is 0 Å². The fourth-order valence-corrected chi connectivity index (χ4v) is 2.98. The van der Waals surface area contributed by atoms with Crippen molar-refractivity contribution in [3.63, 3.8) is 0 Å². The zero-order chi connectivity index (χ0) is 19.5. The number of hydrogen-bond acceptors (Lipinski definition) is 6. The van der Waals surface area contributed by atoms with E-state index in [0.29, 0.717) is 37.0 Å². The van der Waals surface area contributed by atoms with Gasteiger partial charge in [-0.15, -0.1) is 0 Å². The molecule has 2 aromatic heterocycles. The first-order valence-electron chi connectivity index (χ1n) is 8.66. The lowest BCUT2D eigenvalue weighted by molar-refractivity contribution is 0.0560. The first-order chi connectivity index (χ1) is 13.6. The van der Waals surface area contributed by atoms with Gasteiger partial charge in [0.05, 0.1) is 29.5 Å². The molecule has 4 aromatic rings. The van der Waals surface area contributed by atoms with Crippen LogP contribution in [0.2, 0.25) is 0 Å². The normalized spacial score (nSPS) is 11.1. The summed E-state index contributed by atoms with van der Waals surface area (Å²) >= 11 is 0. The van der Waals surface area contributed by atoms with Crippen LogP contribution in [0.3, 0.4) is 0 Å². The number of hydrogen-bond donors (Lipinski definition) is 2. The molecule has 0 saturated carbocycles. The highest BCUT2D eigenvalue weighted by molar-refractivity contribution is 6.06. The van der Waals surface area contributed by atoms with Crippen LogP contribution in [-0.2, 0) is 11.5 Å². The van der Waals surface area contributed by atoms with E-state index in [4.69, 9.17) is 20.3 Å². The molecule has 2 heterocycles. The Balaban J connectivity index is 1.39. The number of nitrogens with zero attached hydrogens (tertiary/aromatic N) is 3. The number of carboxylic acids is 1. The van der Waals surface area contributed by atoms with Gasteiger partial charge in [-0.1, -0.05) is 18.2 Å². The van der Waals surface area contributed by atoms with Gasteiger partial charge in [0.25, 0.3) is 0 Å². The summed E-state index contributed by atoms with van der Waals surface area (Å²) in [6.07, 6.45) is 1.68. The smallest absolute Gasteiger partial charge is 0.335 e. The number of pyridine rings is 1. The fourth-order valence-electron chi connectivity index (χ4n) is 2.98. The minimum atomic E-state index is -0.967. The number of ether oxygens (including phenoxy) is 2. The van der Waals surface area contributed by atoms with Crippen molar-refractivity contribution in [3.8, 4) is 5.75 Å². The van der Waals surface area contributed by atoms with Crippen LogP contribution in [0.5, 0.6) is 5.75 Å². The molecular weight excluding hydrogens is 360 g/mol. The van der Waals surface area contributed by atoms with Crippen molar-refractivity contribution in [1.29, 1.82) is 0 Å². The highest BCUT2D eigenvalue weighted by atomic mass is 16.5. The number of benzene rings is 2. The lowest BCUT2D eigenvalue weighted by Gasteiger charge is -2.10. The number of nitrogens with two attached hydrogens (primary N) is 1. The van der Waals surface area contributed by atoms with Crippen LogP contribution in [-0.4, -0.2) is 38.8 Å². The molecular formula is C20H18N4O4. The second-order valence-electron chi connectivity index (χ2n) is 6.14. The summed E-state index contributed by atoms with van der Waals surface area (Å²) in [5.74, 6) is 0.0120. The van der Waals surface area contributed by atoms with E-state index in [9.17, 15) is 4.79 Å². The molecule has 0 amide bonds. The van der Waals surface area contributed by atoms with Crippen LogP contribution in [0.1, 0.15) is 10.4 Å². The highest BCUT2D eigenvalue weighted by Gasteiger charge is 2.12. The van der Waals surface area contributed by atoms with E-state index in [1.807, 2.05) is 28.8 Å². The standard InChI is InChI=1S/C20H18N4O4/c21-19-17-18(15-3-1-2-4-16(15)23-19)24(11-22-17)12-27-9-10-28-14-7-5-13(6-8-14)20(25)26/h1-8,11H,9-10,12H2,(H2,21,23)(H,25,26). The molecule has 0 aliphatic rings. The molecule has 0 radical (unpaired) electrons. The second kappa shape index (κ2) is 7.53. The van der Waals surface area contributed by atoms with E-state index in [1.165, 1.54) is 12.1 Å². The molecule has 0 fully saturated rings. The molecule has 0 aliphatic carbocycles. The van der Waals surface area contributed by atoms with Gasteiger partial charge in [-0.05, 0) is 30.3 Å². The molecule has 0 atom stereocenters. The van der Waals surface area contributed by atoms with Crippen molar-refractivity contribution in [3.05, 3.63) is 60.4 Å². The number of anilines is 1. The van der Waals surface area contributed by atoms with Gasteiger partial charge in [-0.3, -0.25) is 0 Å². The van der Waals surface area contributed by atoms with Crippen LogP contribution >= 0.6 is 0 Å². The van der Waals surface area contributed by atoms with Gasteiger partial charge >= 0.3 is 5.97 Å². The molecule has 0 spiro atoms. The Kier molecular flexibility index (Phi) is 4.77. The summed E-state index contributed by atoms with van der Waals surface area (Å²) in [6.45, 7) is 0.994. The van der Waals surface area contributed by atoms with Crippen LogP contribution in [0.15, 0.2) is 54.9 Å². The van der Waals surface area contributed by atoms with Gasteiger partial charge in [0.1, 0.15) is 24.6 Å². The fraction of sp³-hybridized carbons (Fsp3) is 0.150. The molecule has 3 N–H and O–H groups in total. The number of carbonyl (C=O) groups is 1. The Morgan fingerprint density at radius 1 is 1.11 bits per heavy atom. The third-order valence-corrected chi connectivity index (χ3v) is 4.31. The SMILES string of the molecule is Nc1nc2ccccc2c2c1ncn2COCCOc1ccc(C(=O)O)cc1. The summed E-state index contributed by atoms with van der Waals surface area (Å²) in [5, 5.41) is 9.85. The molecule has 8 nitrogen and oxygen atoms in total. The molecule has 0 saturated heterocycles. The van der Waals surface area contributed by atoms with E-state index in [-0.39, 0.29) is 5.56 Å². The average Bonchev–Trinajstić information content (AvgIpc) is 3.13. The summed E-state index contributed by atoms with van der Waals surface area (Å²) in [7, 11) is 0. The number of imidazole rings is 1. The molecule has 0 aliphatic heterocycles. The molecule has 8 heteroatoms. The second-order valence-corrected chi connectivity index (χ2v) is 6.14. The number of aromatic carboxylic acids is 1. The van der Waals surface area contributed by atoms with Crippen LogP contribution in [0.4, 0.5) is 5.82 Å². The van der Waals surface area contributed by atoms with E-state index in [0.717, 1.165) is 16.4 Å². The largest absolute Gasteiger partial charge is 0.491 e. The number of aromatic nitrogens is 3. The summed E-state index contributed by atoms with van der Waals surface area (Å²) < 4.78 is 13.2. The third-order valence-electron chi connectivity index (χ3n) is 4.31. The minimum absolute atomic E-state index is 0.219. The average molecular weight is 378 g/mol. The maximum atomic E-state index is 10.8. The summed E-state index contributed by atoms with van der Waals surface area (Å²) in [4.78, 5) is 19.6. The Morgan fingerprint density at radius 3 is 2.68 bits per heavy atom. The first kappa shape index (κ1) is 17.7. The lowest BCUT2D eigenvalue weighted by Crippen LogP contribution is -2.10. The van der Waals surface area contributed by atoms with Gasteiger partial charge < -0.3 is 24.9 Å². The maximum absolute atomic E-state index is 10.8. The van der Waals surface area contributed by atoms with Gasteiger partial charge in [0.2, 0.25) is 0 Å². The van der Waals surface area contributed by atoms with Crippen molar-refractivity contribution in [2.45, 2.75) is 6.73 Å². The Bertz CT molecular complexity index is 1140. The maximum Gasteiger partial charge on any atom is 0.335 e. The third kappa shape index (κ3) is 3.45. The lowest BCUT2D eigenvalue weighted by atomic mass is 10.2. The summed E-state index contributed by atoms with van der Waals surface area (Å²) in [5.41, 5.74) is 8.58. The number of para-hydroxylation sites is 1. The first-order valence-corrected chi connectivity index (χ1v) is 8.66. The predicted molar refractivity (Wildman–Crippen MR) is 104 cm³/mol. The Hall–Kier alpha value is -3.65. The van der Waals surface area contributed by atoms with E-state index in [1.54, 1.807) is 18.5 Å². The molecule has 142 valence electrons. The van der Waals surface area contributed by atoms with Crippen LogP contribution in [0.25, 0.3) is 21.9 Å². The zero-order valence-corrected chi connectivity index (χ0v) is 14.9. The molecule has 2 aromatic carbocycles. The quantitative estimate of drug-likeness (QED) is 0.475. The van der Waals surface area contributed by atoms with E-state index >= 15 is 0 Å². The monoisotopic (exact) mass is 378 g/mol. The van der Waals surface area contributed by atoms with Gasteiger partial charge in [-0.2, -0.15) is 0 Å². The minimum Gasteiger partial charge on any atom is -0.491 e. The van der Waals surface area contributed by atoms with Crippen molar-refractivity contribution in [2.75, 3.05) is 18.9 Å². The van der Waals surface area contributed by atoms with E-state index < -0.39 is 5.97 Å². The van der Waals surface area contributed by atoms with E-state index in [2.05, 4.69) is 9.97 Å². The molecule has 4 rings (SSSR count). The molecule has 0 bridgehead atoms. The Morgan fingerprint density at radius 2 is 1.89 bits per heavy atom. The zero-order valence-electron chi connectivity index (χ0n) is 14.9. The number of rotatable bonds is 7. The molecule has 28 heavy (non-hydrogen) atoms. The number of carboxylic acid groups (broad SMARTS) is 1. The van der Waals surface area contributed by atoms with Gasteiger partial charge in [-0.25, -0.2) is 14.8 Å². The van der Waals surface area contributed by atoms with Crippen molar-refractivity contribution in [2.24, 2.45) is 0 Å². The van der Waals surface area contributed by atoms with Crippen molar-refractivity contribution in [1.82, 2.24) is 14.5 Å². The highest BCUT2D eigenvalue weighted by Crippen LogP contribution is 2.26. The number of nitrogen functional groups attached to an aromatic ring is 1. The molecule has 0 unspecified atom stereocenters.